The summed E-state index contributed by atoms with van der Waals surface area (Å²) in [6, 6.07) is 0. The van der Waals surface area contributed by atoms with Crippen molar-refractivity contribution >= 4 is 10.0 Å². The van der Waals surface area contributed by atoms with Crippen LogP contribution >= 0.6 is 0 Å². The molecule has 0 aromatic heterocycles. The predicted octanol–water partition coefficient (Wildman–Crippen LogP) is -0.0597. The first-order chi connectivity index (χ1) is 6.71. The smallest absolute Gasteiger partial charge is 0.208 e. The molecule has 0 saturated heterocycles. The molecule has 0 unspecified atom stereocenters. The third kappa shape index (κ3) is 13.8. The van der Waals surface area contributed by atoms with Gasteiger partial charge in [0.1, 0.15) is 0 Å². The normalized spacial score (nSPS) is 13.1. The van der Waals surface area contributed by atoms with Gasteiger partial charge in [0, 0.05) is 19.6 Å². The standard InChI is InChI=1S/C9H22N2O3S/c1-9(2,3)14-8-7-10-5-6-11-15(4,12)13/h10-11H,5-8H2,1-4H3. The van der Waals surface area contributed by atoms with Gasteiger partial charge in [-0.1, -0.05) is 0 Å². The van der Waals surface area contributed by atoms with Gasteiger partial charge < -0.3 is 10.1 Å². The SMILES string of the molecule is CC(C)(C)OCCNCCNS(C)(=O)=O. The van der Waals surface area contributed by atoms with Gasteiger partial charge in [-0.3, -0.25) is 0 Å². The summed E-state index contributed by atoms with van der Waals surface area (Å²) in [5, 5.41) is 3.08. The summed E-state index contributed by atoms with van der Waals surface area (Å²) >= 11 is 0. The molecule has 2 N–H and O–H groups in total. The lowest BCUT2D eigenvalue weighted by molar-refractivity contribution is -0.000678. The molecule has 0 heterocycles. The topological polar surface area (TPSA) is 67.4 Å². The van der Waals surface area contributed by atoms with E-state index >= 15 is 0 Å². The van der Waals surface area contributed by atoms with E-state index < -0.39 is 10.0 Å². The molecule has 0 amide bonds. The predicted molar refractivity (Wildman–Crippen MR) is 61.4 cm³/mol. The lowest BCUT2D eigenvalue weighted by Gasteiger charge is -2.19. The first-order valence-electron chi connectivity index (χ1n) is 5.00. The van der Waals surface area contributed by atoms with E-state index in [9.17, 15) is 8.42 Å². The second kappa shape index (κ2) is 6.42. The minimum Gasteiger partial charge on any atom is -0.375 e. The van der Waals surface area contributed by atoms with Crippen LogP contribution in [0.1, 0.15) is 20.8 Å². The first kappa shape index (κ1) is 14.8. The van der Waals surface area contributed by atoms with Gasteiger partial charge in [0.2, 0.25) is 10.0 Å². The van der Waals surface area contributed by atoms with Gasteiger partial charge in [0.25, 0.3) is 0 Å². The lowest BCUT2D eigenvalue weighted by Crippen LogP contribution is -2.33. The maximum absolute atomic E-state index is 10.7. The monoisotopic (exact) mass is 238 g/mol. The van der Waals surface area contributed by atoms with Crippen LogP contribution in [0.2, 0.25) is 0 Å². The summed E-state index contributed by atoms with van der Waals surface area (Å²) < 4.78 is 29.2. The fourth-order valence-electron chi connectivity index (χ4n) is 0.879. The Labute approximate surface area is 92.6 Å². The summed E-state index contributed by atoms with van der Waals surface area (Å²) in [6.45, 7) is 8.37. The zero-order valence-electron chi connectivity index (χ0n) is 9.96. The highest BCUT2D eigenvalue weighted by Crippen LogP contribution is 2.04. The number of hydrogen-bond acceptors (Lipinski definition) is 4. The highest BCUT2D eigenvalue weighted by molar-refractivity contribution is 7.88. The lowest BCUT2D eigenvalue weighted by atomic mass is 10.2. The number of sulfonamides is 1. The zero-order chi connectivity index (χ0) is 11.9. The quantitative estimate of drug-likeness (QED) is 0.610. The van der Waals surface area contributed by atoms with Crippen molar-refractivity contribution in [2.24, 2.45) is 0 Å². The van der Waals surface area contributed by atoms with Gasteiger partial charge >= 0.3 is 0 Å². The summed E-state index contributed by atoms with van der Waals surface area (Å²) in [6.07, 6.45) is 1.15. The molecule has 5 nitrogen and oxygen atoms in total. The number of nitrogens with one attached hydrogen (secondary N) is 2. The highest BCUT2D eigenvalue weighted by atomic mass is 32.2. The Hall–Kier alpha value is -0.170. The molecule has 0 aliphatic rings. The second-order valence-electron chi connectivity index (χ2n) is 4.38. The van der Waals surface area contributed by atoms with Crippen molar-refractivity contribution in [3.05, 3.63) is 0 Å². The largest absolute Gasteiger partial charge is 0.375 e. The van der Waals surface area contributed by atoms with Gasteiger partial charge in [-0.15, -0.1) is 0 Å². The number of ether oxygens (including phenoxy) is 1. The van der Waals surface area contributed by atoms with Crippen molar-refractivity contribution in [3.63, 3.8) is 0 Å². The van der Waals surface area contributed by atoms with E-state index in [-0.39, 0.29) is 5.60 Å². The van der Waals surface area contributed by atoms with Gasteiger partial charge in [-0.05, 0) is 20.8 Å². The third-order valence-corrected chi connectivity index (χ3v) is 2.21. The number of hydrogen-bond donors (Lipinski definition) is 2. The van der Waals surface area contributed by atoms with Crippen molar-refractivity contribution in [2.75, 3.05) is 32.5 Å². The Morgan fingerprint density at radius 2 is 1.73 bits per heavy atom. The van der Waals surface area contributed by atoms with Crippen LogP contribution in [-0.4, -0.2) is 46.5 Å². The fourth-order valence-corrected chi connectivity index (χ4v) is 1.35. The van der Waals surface area contributed by atoms with Crippen LogP contribution in [0.15, 0.2) is 0 Å². The van der Waals surface area contributed by atoms with Crippen LogP contribution in [0.3, 0.4) is 0 Å². The first-order valence-corrected chi connectivity index (χ1v) is 6.89. The van der Waals surface area contributed by atoms with E-state index in [1.54, 1.807) is 0 Å². The summed E-state index contributed by atoms with van der Waals surface area (Å²) in [7, 11) is -3.06. The average Bonchev–Trinajstić information content (AvgIpc) is 1.98. The van der Waals surface area contributed by atoms with Crippen molar-refractivity contribution in [3.8, 4) is 0 Å². The Kier molecular flexibility index (Phi) is 6.35. The van der Waals surface area contributed by atoms with E-state index in [1.807, 2.05) is 20.8 Å². The van der Waals surface area contributed by atoms with Crippen molar-refractivity contribution in [1.29, 1.82) is 0 Å². The van der Waals surface area contributed by atoms with Crippen LogP contribution in [0.4, 0.5) is 0 Å². The molecule has 0 saturated carbocycles. The molecule has 0 bridgehead atoms. The van der Waals surface area contributed by atoms with Gasteiger partial charge in [-0.25, -0.2) is 13.1 Å². The molecule has 0 aromatic rings. The highest BCUT2D eigenvalue weighted by Gasteiger charge is 2.08. The van der Waals surface area contributed by atoms with Crippen LogP contribution in [0.25, 0.3) is 0 Å². The van der Waals surface area contributed by atoms with Crippen LogP contribution in [0.5, 0.6) is 0 Å². The Morgan fingerprint density at radius 1 is 1.13 bits per heavy atom. The molecule has 92 valence electrons. The zero-order valence-corrected chi connectivity index (χ0v) is 10.8. The Bertz CT molecular complexity index is 257. The van der Waals surface area contributed by atoms with Gasteiger partial charge in [0.15, 0.2) is 0 Å². The molecule has 0 spiro atoms. The van der Waals surface area contributed by atoms with Gasteiger partial charge in [-0.2, -0.15) is 0 Å². The van der Waals surface area contributed by atoms with Gasteiger partial charge in [0.05, 0.1) is 18.5 Å². The molecule has 0 aromatic carbocycles. The maximum atomic E-state index is 10.7. The molecule has 0 fully saturated rings. The van der Waals surface area contributed by atoms with Crippen molar-refractivity contribution in [2.45, 2.75) is 26.4 Å². The molecule has 6 heteroatoms. The molecule has 0 aliphatic carbocycles. The van der Waals surface area contributed by atoms with E-state index in [0.717, 1.165) is 12.8 Å². The molecule has 0 radical (unpaired) electrons. The van der Waals surface area contributed by atoms with Crippen molar-refractivity contribution < 1.29 is 13.2 Å². The third-order valence-electron chi connectivity index (χ3n) is 1.48. The molecule has 0 rings (SSSR count). The summed E-state index contributed by atoms with van der Waals surface area (Å²) in [5.41, 5.74) is -0.118. The number of rotatable bonds is 7. The van der Waals surface area contributed by atoms with Crippen LogP contribution in [0, 0.1) is 0 Å². The fraction of sp³-hybridized carbons (Fsp3) is 1.00. The van der Waals surface area contributed by atoms with E-state index in [0.29, 0.717) is 19.7 Å². The Morgan fingerprint density at radius 3 is 2.20 bits per heavy atom. The summed E-state index contributed by atoms with van der Waals surface area (Å²) in [5.74, 6) is 0. The average molecular weight is 238 g/mol. The van der Waals surface area contributed by atoms with E-state index in [4.69, 9.17) is 4.74 Å². The Balaban J connectivity index is 3.27. The second-order valence-corrected chi connectivity index (χ2v) is 6.21. The van der Waals surface area contributed by atoms with Crippen molar-refractivity contribution in [1.82, 2.24) is 10.0 Å². The molecular weight excluding hydrogens is 216 g/mol. The summed E-state index contributed by atoms with van der Waals surface area (Å²) in [4.78, 5) is 0. The van der Waals surface area contributed by atoms with Crippen LogP contribution in [-0.2, 0) is 14.8 Å². The minimum absolute atomic E-state index is 0.118. The molecular formula is C9H22N2O3S. The van der Waals surface area contributed by atoms with E-state index in [2.05, 4.69) is 10.0 Å². The molecule has 0 atom stereocenters. The maximum Gasteiger partial charge on any atom is 0.208 e. The molecule has 0 aliphatic heterocycles. The van der Waals surface area contributed by atoms with E-state index in [1.165, 1.54) is 0 Å². The minimum atomic E-state index is -3.06. The van der Waals surface area contributed by atoms with Crippen LogP contribution < -0.4 is 10.0 Å². The molecule has 15 heavy (non-hydrogen) atoms.